The van der Waals surface area contributed by atoms with Crippen LogP contribution in [0.3, 0.4) is 0 Å². The van der Waals surface area contributed by atoms with E-state index in [1.54, 1.807) is 0 Å². The van der Waals surface area contributed by atoms with E-state index < -0.39 is 0 Å². The van der Waals surface area contributed by atoms with Gasteiger partial charge in [-0.3, -0.25) is 4.99 Å². The van der Waals surface area contributed by atoms with Crippen molar-refractivity contribution in [3.05, 3.63) is 0 Å². The van der Waals surface area contributed by atoms with E-state index in [0.29, 0.717) is 12.1 Å². The smallest absolute Gasteiger partial charge is 0.157 e. The SMILES string of the molecule is CCC1CCSC(NC2CCCN(CC)C2)=N1. The van der Waals surface area contributed by atoms with Crippen LogP contribution in [-0.4, -0.2) is 47.5 Å². The van der Waals surface area contributed by atoms with Gasteiger partial charge in [0.05, 0.1) is 6.04 Å². The first-order valence-corrected chi connectivity index (χ1v) is 7.99. The molecule has 0 aromatic carbocycles. The van der Waals surface area contributed by atoms with Gasteiger partial charge in [-0.1, -0.05) is 25.6 Å². The van der Waals surface area contributed by atoms with Crippen molar-refractivity contribution in [1.29, 1.82) is 0 Å². The van der Waals surface area contributed by atoms with Crippen LogP contribution in [0.5, 0.6) is 0 Å². The Balaban J connectivity index is 1.85. The van der Waals surface area contributed by atoms with Crippen molar-refractivity contribution in [1.82, 2.24) is 10.2 Å². The number of nitrogens with one attached hydrogen (secondary N) is 1. The first-order chi connectivity index (χ1) is 8.31. The van der Waals surface area contributed by atoms with E-state index in [9.17, 15) is 0 Å². The summed E-state index contributed by atoms with van der Waals surface area (Å²) in [4.78, 5) is 7.33. The van der Waals surface area contributed by atoms with Gasteiger partial charge in [0.15, 0.2) is 5.17 Å². The van der Waals surface area contributed by atoms with Gasteiger partial charge in [0.2, 0.25) is 0 Å². The van der Waals surface area contributed by atoms with Crippen molar-refractivity contribution in [2.24, 2.45) is 4.99 Å². The summed E-state index contributed by atoms with van der Waals surface area (Å²) in [5, 5.41) is 4.86. The lowest BCUT2D eigenvalue weighted by Crippen LogP contribution is -2.47. The zero-order valence-corrected chi connectivity index (χ0v) is 11.9. The van der Waals surface area contributed by atoms with Crippen LogP contribution >= 0.6 is 11.8 Å². The fourth-order valence-corrected chi connectivity index (χ4v) is 3.63. The Hall–Kier alpha value is -0.220. The molecule has 17 heavy (non-hydrogen) atoms. The van der Waals surface area contributed by atoms with E-state index in [2.05, 4.69) is 24.1 Å². The van der Waals surface area contributed by atoms with Gasteiger partial charge in [-0.2, -0.15) is 0 Å². The van der Waals surface area contributed by atoms with E-state index in [0.717, 1.165) is 0 Å². The Bertz CT molecular complexity index is 267. The van der Waals surface area contributed by atoms with Crippen molar-refractivity contribution in [2.75, 3.05) is 25.4 Å². The summed E-state index contributed by atoms with van der Waals surface area (Å²) in [7, 11) is 0. The first-order valence-electron chi connectivity index (χ1n) is 7.01. The van der Waals surface area contributed by atoms with Gasteiger partial charge in [0.1, 0.15) is 0 Å². The van der Waals surface area contributed by atoms with Gasteiger partial charge in [-0.05, 0) is 38.8 Å². The minimum atomic E-state index is 0.560. The average Bonchev–Trinajstić information content (AvgIpc) is 2.39. The average molecular weight is 255 g/mol. The molecule has 98 valence electrons. The van der Waals surface area contributed by atoms with Crippen molar-refractivity contribution in [3.63, 3.8) is 0 Å². The van der Waals surface area contributed by atoms with Crippen molar-refractivity contribution >= 4 is 16.9 Å². The summed E-state index contributed by atoms with van der Waals surface area (Å²) in [6.07, 6.45) is 5.04. The molecule has 0 amide bonds. The largest absolute Gasteiger partial charge is 0.361 e. The molecule has 0 saturated carbocycles. The Kier molecular flexibility index (Phi) is 5.16. The number of thioether (sulfide) groups is 1. The van der Waals surface area contributed by atoms with Crippen LogP contribution in [0, 0.1) is 0 Å². The molecule has 2 rings (SSSR count). The van der Waals surface area contributed by atoms with Gasteiger partial charge in [0.25, 0.3) is 0 Å². The number of hydrogen-bond donors (Lipinski definition) is 1. The maximum absolute atomic E-state index is 4.80. The second-order valence-corrected chi connectivity index (χ2v) is 6.09. The molecule has 1 N–H and O–H groups in total. The Labute approximate surface area is 109 Å². The Morgan fingerprint density at radius 1 is 1.41 bits per heavy atom. The number of likely N-dealkylation sites (tertiary alicyclic amines) is 1. The summed E-state index contributed by atoms with van der Waals surface area (Å²) in [5.74, 6) is 1.23. The Morgan fingerprint density at radius 3 is 3.06 bits per heavy atom. The zero-order valence-electron chi connectivity index (χ0n) is 11.1. The second-order valence-electron chi connectivity index (χ2n) is 5.01. The molecule has 0 spiro atoms. The minimum Gasteiger partial charge on any atom is -0.361 e. The lowest BCUT2D eigenvalue weighted by atomic mass is 10.1. The molecular weight excluding hydrogens is 230 g/mol. The standard InChI is InChI=1S/C13H25N3S/c1-3-11-7-9-17-13(14-11)15-12-6-5-8-16(4-2)10-12/h11-12H,3-10H2,1-2H3,(H,14,15). The van der Waals surface area contributed by atoms with E-state index >= 15 is 0 Å². The molecule has 3 nitrogen and oxygen atoms in total. The summed E-state index contributed by atoms with van der Waals surface area (Å²) in [5.41, 5.74) is 0. The number of aliphatic imine (C=N–C) groups is 1. The van der Waals surface area contributed by atoms with Crippen LogP contribution in [0.2, 0.25) is 0 Å². The topological polar surface area (TPSA) is 27.6 Å². The van der Waals surface area contributed by atoms with Crippen molar-refractivity contribution in [3.8, 4) is 0 Å². The summed E-state index contributed by atoms with van der Waals surface area (Å²) < 4.78 is 0. The van der Waals surface area contributed by atoms with E-state index in [1.807, 2.05) is 11.8 Å². The summed E-state index contributed by atoms with van der Waals surface area (Å²) >= 11 is 1.91. The number of piperidine rings is 1. The fourth-order valence-electron chi connectivity index (χ4n) is 2.57. The quantitative estimate of drug-likeness (QED) is 0.839. The number of nitrogens with zero attached hydrogens (tertiary/aromatic N) is 2. The molecular formula is C13H25N3S. The van der Waals surface area contributed by atoms with Gasteiger partial charge in [-0.25, -0.2) is 0 Å². The maximum atomic E-state index is 4.80. The second kappa shape index (κ2) is 6.64. The molecule has 2 atom stereocenters. The molecule has 2 aliphatic heterocycles. The third-order valence-electron chi connectivity index (χ3n) is 3.74. The third kappa shape index (κ3) is 3.88. The predicted octanol–water partition coefficient (Wildman–Crippen LogP) is 2.33. The molecule has 0 aliphatic carbocycles. The van der Waals surface area contributed by atoms with Crippen LogP contribution in [-0.2, 0) is 0 Å². The van der Waals surface area contributed by atoms with Gasteiger partial charge >= 0.3 is 0 Å². The highest BCUT2D eigenvalue weighted by atomic mass is 32.2. The number of amidine groups is 1. The van der Waals surface area contributed by atoms with Crippen LogP contribution in [0.1, 0.15) is 39.5 Å². The lowest BCUT2D eigenvalue weighted by Gasteiger charge is -2.33. The Morgan fingerprint density at radius 2 is 2.29 bits per heavy atom. The molecule has 0 aromatic rings. The third-order valence-corrected chi connectivity index (χ3v) is 4.68. The number of likely N-dealkylation sites (N-methyl/N-ethyl adjacent to an activating group) is 1. The van der Waals surface area contributed by atoms with Crippen LogP contribution in [0.15, 0.2) is 4.99 Å². The van der Waals surface area contributed by atoms with E-state index in [1.165, 1.54) is 56.2 Å². The predicted molar refractivity (Wildman–Crippen MR) is 76.9 cm³/mol. The number of rotatable bonds is 3. The molecule has 0 aromatic heterocycles. The lowest BCUT2D eigenvalue weighted by molar-refractivity contribution is 0.210. The molecule has 2 unspecified atom stereocenters. The molecule has 2 aliphatic rings. The van der Waals surface area contributed by atoms with Gasteiger partial charge in [0, 0.05) is 18.3 Å². The van der Waals surface area contributed by atoms with E-state index in [4.69, 9.17) is 4.99 Å². The highest BCUT2D eigenvalue weighted by Crippen LogP contribution is 2.19. The number of hydrogen-bond acceptors (Lipinski definition) is 4. The molecule has 0 bridgehead atoms. The minimum absolute atomic E-state index is 0.560. The van der Waals surface area contributed by atoms with Gasteiger partial charge in [-0.15, -0.1) is 0 Å². The van der Waals surface area contributed by atoms with E-state index in [-0.39, 0.29) is 0 Å². The van der Waals surface area contributed by atoms with Crippen LogP contribution < -0.4 is 5.32 Å². The zero-order chi connectivity index (χ0) is 12.1. The molecule has 1 saturated heterocycles. The molecule has 1 fully saturated rings. The first kappa shape index (κ1) is 13.2. The van der Waals surface area contributed by atoms with Crippen molar-refractivity contribution in [2.45, 2.75) is 51.6 Å². The molecule has 4 heteroatoms. The maximum Gasteiger partial charge on any atom is 0.157 e. The molecule has 2 heterocycles. The monoisotopic (exact) mass is 255 g/mol. The molecule has 0 radical (unpaired) electrons. The highest BCUT2D eigenvalue weighted by Gasteiger charge is 2.21. The van der Waals surface area contributed by atoms with Crippen LogP contribution in [0.4, 0.5) is 0 Å². The van der Waals surface area contributed by atoms with Gasteiger partial charge < -0.3 is 10.2 Å². The summed E-state index contributed by atoms with van der Waals surface area (Å²) in [6, 6.07) is 1.18. The summed E-state index contributed by atoms with van der Waals surface area (Å²) in [6.45, 7) is 8.12. The fraction of sp³-hybridized carbons (Fsp3) is 0.923. The normalized spacial score (nSPS) is 31.1. The highest BCUT2D eigenvalue weighted by molar-refractivity contribution is 8.13. The van der Waals surface area contributed by atoms with Crippen LogP contribution in [0.25, 0.3) is 0 Å². The van der Waals surface area contributed by atoms with Crippen molar-refractivity contribution < 1.29 is 0 Å².